The lowest BCUT2D eigenvalue weighted by Gasteiger charge is -2.21. The minimum absolute atomic E-state index is 0.143. The van der Waals surface area contributed by atoms with E-state index in [1.165, 1.54) is 11.3 Å². The van der Waals surface area contributed by atoms with Gasteiger partial charge in [0.2, 0.25) is 11.8 Å². The maximum atomic E-state index is 13.1. The zero-order valence-corrected chi connectivity index (χ0v) is 18.1. The van der Waals surface area contributed by atoms with Crippen molar-refractivity contribution in [3.63, 3.8) is 0 Å². The van der Waals surface area contributed by atoms with E-state index in [1.54, 1.807) is 12.4 Å². The van der Waals surface area contributed by atoms with Crippen molar-refractivity contribution >= 4 is 23.2 Å². The predicted octanol–water partition coefficient (Wildman–Crippen LogP) is 4.29. The smallest absolute Gasteiger partial charge is 0.247 e. The number of carbonyl (C=O) groups is 2. The second-order valence-corrected chi connectivity index (χ2v) is 8.44. The molecular weight excluding hydrogens is 396 g/mol. The molecule has 7 heteroatoms. The van der Waals surface area contributed by atoms with Crippen LogP contribution in [0.1, 0.15) is 49.8 Å². The molecule has 0 spiro atoms. The molecule has 0 radical (unpaired) electrons. The van der Waals surface area contributed by atoms with Crippen LogP contribution in [-0.2, 0) is 9.59 Å². The van der Waals surface area contributed by atoms with E-state index in [-0.39, 0.29) is 23.8 Å². The molecule has 0 fully saturated rings. The normalized spacial score (nSPS) is 12.9. The Balaban J connectivity index is 1.73. The molecule has 1 aromatic carbocycles. The van der Waals surface area contributed by atoms with Crippen LogP contribution in [0.25, 0.3) is 11.3 Å². The monoisotopic (exact) mass is 422 g/mol. The van der Waals surface area contributed by atoms with Gasteiger partial charge in [-0.1, -0.05) is 44.2 Å². The molecule has 6 nitrogen and oxygen atoms in total. The number of nitrogens with one attached hydrogen (secondary N) is 2. The van der Waals surface area contributed by atoms with Crippen LogP contribution < -0.4 is 10.6 Å². The lowest BCUT2D eigenvalue weighted by atomic mass is 10.0. The maximum Gasteiger partial charge on any atom is 0.247 e. The van der Waals surface area contributed by atoms with Gasteiger partial charge in [0.15, 0.2) is 0 Å². The molecular formula is C23H26N4O2S. The number of carbonyl (C=O) groups excluding carboxylic acids is 2. The number of aromatic nitrogens is 2. The molecule has 2 N–H and O–H groups in total. The highest BCUT2D eigenvalue weighted by Gasteiger charge is 2.25. The number of nitrogens with zero attached hydrogens (tertiary/aromatic N) is 2. The summed E-state index contributed by atoms with van der Waals surface area (Å²) in [6, 6.07) is 12.0. The first kappa shape index (κ1) is 21.6. The van der Waals surface area contributed by atoms with Gasteiger partial charge in [0.25, 0.3) is 0 Å². The first-order chi connectivity index (χ1) is 14.4. The molecule has 2 heterocycles. The summed E-state index contributed by atoms with van der Waals surface area (Å²) in [5.74, 6) is -0.187. The highest BCUT2D eigenvalue weighted by molar-refractivity contribution is 7.10. The first-order valence-corrected chi connectivity index (χ1v) is 10.8. The molecule has 0 aliphatic rings. The highest BCUT2D eigenvalue weighted by Crippen LogP contribution is 2.25. The minimum Gasteiger partial charge on any atom is -0.345 e. The Hall–Kier alpha value is -3.06. The molecule has 2 amide bonds. The van der Waals surface area contributed by atoms with Crippen LogP contribution in [0.2, 0.25) is 0 Å². The van der Waals surface area contributed by atoms with E-state index in [9.17, 15) is 9.59 Å². The zero-order valence-electron chi connectivity index (χ0n) is 17.3. The van der Waals surface area contributed by atoms with Gasteiger partial charge in [-0.2, -0.15) is 0 Å². The molecule has 0 bridgehead atoms. The SMILES string of the molecule is CC(C)CC(=O)NC(C(=O)NC(C)c1nc(-c2ccncc2)cs1)c1ccccc1. The minimum atomic E-state index is -0.750. The topological polar surface area (TPSA) is 84.0 Å². The van der Waals surface area contributed by atoms with Gasteiger partial charge >= 0.3 is 0 Å². The molecule has 3 rings (SSSR count). The van der Waals surface area contributed by atoms with E-state index in [0.717, 1.165) is 21.8 Å². The Labute approximate surface area is 180 Å². The number of benzene rings is 1. The van der Waals surface area contributed by atoms with Gasteiger partial charge in [0.1, 0.15) is 11.0 Å². The summed E-state index contributed by atoms with van der Waals surface area (Å²) < 4.78 is 0. The Morgan fingerprint density at radius 3 is 2.37 bits per heavy atom. The van der Waals surface area contributed by atoms with Crippen molar-refractivity contribution in [3.8, 4) is 11.3 Å². The molecule has 0 saturated heterocycles. The van der Waals surface area contributed by atoms with E-state index in [2.05, 4.69) is 20.6 Å². The predicted molar refractivity (Wildman–Crippen MR) is 119 cm³/mol. The number of hydrogen-bond acceptors (Lipinski definition) is 5. The number of hydrogen-bond donors (Lipinski definition) is 2. The summed E-state index contributed by atoms with van der Waals surface area (Å²) in [5.41, 5.74) is 2.58. The van der Waals surface area contributed by atoms with Crippen LogP contribution in [0.4, 0.5) is 0 Å². The lowest BCUT2D eigenvalue weighted by Crippen LogP contribution is -2.41. The van der Waals surface area contributed by atoms with E-state index in [0.29, 0.717) is 6.42 Å². The van der Waals surface area contributed by atoms with Gasteiger partial charge in [0.05, 0.1) is 11.7 Å². The Morgan fingerprint density at radius 1 is 1.00 bits per heavy atom. The van der Waals surface area contributed by atoms with Gasteiger partial charge in [-0.3, -0.25) is 14.6 Å². The van der Waals surface area contributed by atoms with E-state index in [4.69, 9.17) is 0 Å². The van der Waals surface area contributed by atoms with Gasteiger partial charge in [0, 0.05) is 29.8 Å². The van der Waals surface area contributed by atoms with E-state index >= 15 is 0 Å². The van der Waals surface area contributed by atoms with Crippen LogP contribution in [0, 0.1) is 5.92 Å². The second-order valence-electron chi connectivity index (χ2n) is 7.55. The molecule has 3 aromatic rings. The third-order valence-electron chi connectivity index (χ3n) is 4.52. The zero-order chi connectivity index (χ0) is 21.5. The number of thiazole rings is 1. The molecule has 2 atom stereocenters. The van der Waals surface area contributed by atoms with Crippen molar-refractivity contribution in [2.45, 2.75) is 39.3 Å². The van der Waals surface area contributed by atoms with Crippen LogP contribution in [0.15, 0.2) is 60.2 Å². The largest absolute Gasteiger partial charge is 0.345 e. The Morgan fingerprint density at radius 2 is 1.70 bits per heavy atom. The average Bonchev–Trinajstić information content (AvgIpc) is 3.23. The molecule has 0 aliphatic heterocycles. The van der Waals surface area contributed by atoms with Crippen molar-refractivity contribution in [1.82, 2.24) is 20.6 Å². The van der Waals surface area contributed by atoms with Crippen LogP contribution in [-0.4, -0.2) is 21.8 Å². The molecule has 2 unspecified atom stereocenters. The van der Waals surface area contributed by atoms with Crippen LogP contribution in [0.5, 0.6) is 0 Å². The van der Waals surface area contributed by atoms with E-state index in [1.807, 2.05) is 68.6 Å². The maximum absolute atomic E-state index is 13.1. The van der Waals surface area contributed by atoms with Crippen molar-refractivity contribution in [2.24, 2.45) is 5.92 Å². The summed E-state index contributed by atoms with van der Waals surface area (Å²) in [6.07, 6.45) is 3.82. The van der Waals surface area contributed by atoms with Crippen molar-refractivity contribution < 1.29 is 9.59 Å². The Kier molecular flexibility index (Phi) is 7.30. The third-order valence-corrected chi connectivity index (χ3v) is 5.55. The quantitative estimate of drug-likeness (QED) is 0.567. The summed E-state index contributed by atoms with van der Waals surface area (Å²) >= 11 is 1.49. The van der Waals surface area contributed by atoms with E-state index < -0.39 is 6.04 Å². The standard InChI is InChI=1S/C23H26N4O2S/c1-15(2)13-20(28)27-21(18-7-5-4-6-8-18)22(29)25-16(3)23-26-19(14-30-23)17-9-11-24-12-10-17/h4-12,14-16,21H,13H2,1-3H3,(H,25,29)(H,27,28). The fraction of sp³-hybridized carbons (Fsp3) is 0.304. The Bertz CT molecular complexity index is 973. The summed E-state index contributed by atoms with van der Waals surface area (Å²) in [5, 5.41) is 8.64. The summed E-state index contributed by atoms with van der Waals surface area (Å²) in [7, 11) is 0. The third kappa shape index (κ3) is 5.73. The van der Waals surface area contributed by atoms with Gasteiger partial charge in [-0.25, -0.2) is 4.98 Å². The highest BCUT2D eigenvalue weighted by atomic mass is 32.1. The number of amides is 2. The number of pyridine rings is 1. The van der Waals surface area contributed by atoms with Crippen molar-refractivity contribution in [2.75, 3.05) is 0 Å². The van der Waals surface area contributed by atoms with Crippen molar-refractivity contribution in [1.29, 1.82) is 0 Å². The summed E-state index contributed by atoms with van der Waals surface area (Å²) in [4.78, 5) is 34.1. The average molecular weight is 423 g/mol. The summed E-state index contributed by atoms with van der Waals surface area (Å²) in [6.45, 7) is 5.84. The van der Waals surface area contributed by atoms with Crippen LogP contribution in [0.3, 0.4) is 0 Å². The molecule has 2 aromatic heterocycles. The van der Waals surface area contributed by atoms with Crippen molar-refractivity contribution in [3.05, 3.63) is 70.8 Å². The molecule has 156 valence electrons. The van der Waals surface area contributed by atoms with Crippen LogP contribution >= 0.6 is 11.3 Å². The van der Waals surface area contributed by atoms with Gasteiger partial charge in [-0.15, -0.1) is 11.3 Å². The first-order valence-electron chi connectivity index (χ1n) is 9.94. The fourth-order valence-electron chi connectivity index (χ4n) is 3.04. The number of rotatable bonds is 8. The molecule has 0 aliphatic carbocycles. The second kappa shape index (κ2) is 10.1. The van der Waals surface area contributed by atoms with Gasteiger partial charge in [-0.05, 0) is 30.5 Å². The lowest BCUT2D eigenvalue weighted by molar-refractivity contribution is -0.130. The molecule has 0 saturated carbocycles. The van der Waals surface area contributed by atoms with Gasteiger partial charge < -0.3 is 10.6 Å². The fourth-order valence-corrected chi connectivity index (χ4v) is 3.87. The molecule has 30 heavy (non-hydrogen) atoms.